The quantitative estimate of drug-likeness (QED) is 0.563. The van der Waals surface area contributed by atoms with Gasteiger partial charge < -0.3 is 14.7 Å². The van der Waals surface area contributed by atoms with Gasteiger partial charge in [0.2, 0.25) is 5.91 Å². The van der Waals surface area contributed by atoms with Gasteiger partial charge >= 0.3 is 5.97 Å². The fourth-order valence-corrected chi connectivity index (χ4v) is 1.50. The molecule has 1 rings (SSSR count). The predicted octanol–water partition coefficient (Wildman–Crippen LogP) is -0.911. The standard InChI is InChI=1S/C8H12FNO4/c1-4(11)10-3-5(12)6(9)7(10)8(13)14-2/h5-7,12H,3H2,1-2H3/t5-,6+,7-/m0/s1. The third-order valence-corrected chi connectivity index (χ3v) is 2.24. The van der Waals surface area contributed by atoms with E-state index in [-0.39, 0.29) is 6.54 Å². The van der Waals surface area contributed by atoms with E-state index < -0.39 is 30.2 Å². The lowest BCUT2D eigenvalue weighted by Crippen LogP contribution is -2.43. The molecule has 1 heterocycles. The van der Waals surface area contributed by atoms with Crippen LogP contribution in [-0.4, -0.2) is 53.9 Å². The zero-order valence-electron chi connectivity index (χ0n) is 7.94. The van der Waals surface area contributed by atoms with Crippen molar-refractivity contribution >= 4 is 11.9 Å². The minimum Gasteiger partial charge on any atom is -0.467 e. The van der Waals surface area contributed by atoms with Crippen LogP contribution in [-0.2, 0) is 14.3 Å². The fourth-order valence-electron chi connectivity index (χ4n) is 1.50. The number of β-amino-alcohol motifs (C(OH)–C–C–N with tert-alkyl or cyclic N) is 1. The van der Waals surface area contributed by atoms with Gasteiger partial charge in [-0.2, -0.15) is 0 Å². The summed E-state index contributed by atoms with van der Waals surface area (Å²) in [5, 5.41) is 9.16. The summed E-state index contributed by atoms with van der Waals surface area (Å²) in [5.41, 5.74) is 0. The van der Waals surface area contributed by atoms with Crippen LogP contribution in [0.1, 0.15) is 6.92 Å². The summed E-state index contributed by atoms with van der Waals surface area (Å²) in [6, 6.07) is -1.31. The molecule has 5 nitrogen and oxygen atoms in total. The predicted molar refractivity (Wildman–Crippen MR) is 44.1 cm³/mol. The van der Waals surface area contributed by atoms with Gasteiger partial charge in [0.15, 0.2) is 12.2 Å². The van der Waals surface area contributed by atoms with Crippen molar-refractivity contribution < 1.29 is 23.8 Å². The van der Waals surface area contributed by atoms with Gasteiger partial charge in [0, 0.05) is 6.92 Å². The number of aliphatic hydroxyl groups is 1. The van der Waals surface area contributed by atoms with E-state index in [4.69, 9.17) is 5.11 Å². The molecule has 0 saturated carbocycles. The number of amides is 1. The van der Waals surface area contributed by atoms with Crippen LogP contribution in [0.3, 0.4) is 0 Å². The summed E-state index contributed by atoms with van der Waals surface area (Å²) >= 11 is 0. The molecule has 1 N–H and O–H groups in total. The van der Waals surface area contributed by atoms with Gasteiger partial charge in [-0.05, 0) is 0 Å². The molecule has 0 aliphatic carbocycles. The van der Waals surface area contributed by atoms with Crippen molar-refractivity contribution in [2.24, 2.45) is 0 Å². The monoisotopic (exact) mass is 205 g/mol. The van der Waals surface area contributed by atoms with Crippen molar-refractivity contribution in [3.8, 4) is 0 Å². The van der Waals surface area contributed by atoms with Crippen molar-refractivity contribution in [3.05, 3.63) is 0 Å². The van der Waals surface area contributed by atoms with Crippen molar-refractivity contribution in [3.63, 3.8) is 0 Å². The smallest absolute Gasteiger partial charge is 0.331 e. The molecule has 0 aromatic rings. The molecule has 1 saturated heterocycles. The Morgan fingerprint density at radius 2 is 2.14 bits per heavy atom. The molecule has 0 aromatic heterocycles. The first-order chi connectivity index (χ1) is 6.49. The number of methoxy groups -OCH3 is 1. The largest absolute Gasteiger partial charge is 0.467 e. The molecule has 0 spiro atoms. The van der Waals surface area contributed by atoms with Crippen molar-refractivity contribution in [1.82, 2.24) is 4.90 Å². The SMILES string of the molecule is COC(=O)[C@@H]1[C@H](F)[C@@H](O)CN1C(C)=O. The van der Waals surface area contributed by atoms with Gasteiger partial charge in [-0.25, -0.2) is 9.18 Å². The number of carbonyl (C=O) groups is 2. The van der Waals surface area contributed by atoms with Crippen LogP contribution in [0.15, 0.2) is 0 Å². The van der Waals surface area contributed by atoms with Crippen molar-refractivity contribution in [2.45, 2.75) is 25.2 Å². The summed E-state index contributed by atoms with van der Waals surface area (Å²) in [6.07, 6.45) is -3.09. The summed E-state index contributed by atoms with van der Waals surface area (Å²) in [4.78, 5) is 23.1. The average molecular weight is 205 g/mol. The van der Waals surface area contributed by atoms with Gasteiger partial charge in [0.05, 0.1) is 13.7 Å². The lowest BCUT2D eigenvalue weighted by atomic mass is 10.1. The maximum Gasteiger partial charge on any atom is 0.331 e. The minimum absolute atomic E-state index is 0.170. The van der Waals surface area contributed by atoms with E-state index in [9.17, 15) is 14.0 Å². The molecule has 6 heteroatoms. The van der Waals surface area contributed by atoms with Crippen LogP contribution >= 0.6 is 0 Å². The summed E-state index contributed by atoms with van der Waals surface area (Å²) in [7, 11) is 1.11. The number of rotatable bonds is 1. The number of hydrogen-bond acceptors (Lipinski definition) is 4. The van der Waals surface area contributed by atoms with Crippen LogP contribution in [0, 0.1) is 0 Å². The Labute approximate surface area is 80.4 Å². The molecule has 1 fully saturated rings. The molecule has 3 atom stereocenters. The summed E-state index contributed by atoms with van der Waals surface area (Å²) in [5.74, 6) is -1.30. The molecule has 0 bridgehead atoms. The first kappa shape index (κ1) is 10.9. The first-order valence-corrected chi connectivity index (χ1v) is 4.16. The highest BCUT2D eigenvalue weighted by atomic mass is 19.1. The zero-order valence-corrected chi connectivity index (χ0v) is 7.94. The second-order valence-corrected chi connectivity index (χ2v) is 3.15. The number of carbonyl (C=O) groups excluding carboxylic acids is 2. The van der Waals surface area contributed by atoms with Gasteiger partial charge in [-0.1, -0.05) is 0 Å². The second-order valence-electron chi connectivity index (χ2n) is 3.15. The molecule has 1 amide bonds. The third-order valence-electron chi connectivity index (χ3n) is 2.24. The number of likely N-dealkylation sites (tertiary alicyclic amines) is 1. The molecule has 0 unspecified atom stereocenters. The number of ether oxygens (including phenoxy) is 1. The average Bonchev–Trinajstić information content (AvgIpc) is 2.43. The van der Waals surface area contributed by atoms with Gasteiger partial charge in [0.25, 0.3) is 0 Å². The molecular weight excluding hydrogens is 193 g/mol. The summed E-state index contributed by atoms with van der Waals surface area (Å²) in [6.45, 7) is 1.04. The van der Waals surface area contributed by atoms with Crippen LogP contribution in [0.25, 0.3) is 0 Å². The maximum atomic E-state index is 13.3. The number of halogens is 1. The molecule has 1 aliphatic heterocycles. The number of aliphatic hydroxyl groups excluding tert-OH is 1. The fraction of sp³-hybridized carbons (Fsp3) is 0.750. The molecule has 1 aliphatic rings. The molecule has 80 valence electrons. The Balaban J connectivity index is 2.86. The van der Waals surface area contributed by atoms with Crippen molar-refractivity contribution in [1.29, 1.82) is 0 Å². The lowest BCUT2D eigenvalue weighted by molar-refractivity contribution is -0.152. The maximum absolute atomic E-state index is 13.3. The van der Waals surface area contributed by atoms with E-state index >= 15 is 0 Å². The topological polar surface area (TPSA) is 66.8 Å². The number of nitrogens with zero attached hydrogens (tertiary/aromatic N) is 1. The highest BCUT2D eigenvalue weighted by Gasteiger charge is 2.47. The van der Waals surface area contributed by atoms with E-state index in [2.05, 4.69) is 4.74 Å². The van der Waals surface area contributed by atoms with Gasteiger partial charge in [0.1, 0.15) is 6.10 Å². The van der Waals surface area contributed by atoms with Crippen LogP contribution in [0.4, 0.5) is 4.39 Å². The highest BCUT2D eigenvalue weighted by molar-refractivity contribution is 5.84. The Morgan fingerprint density at radius 1 is 1.57 bits per heavy atom. The van der Waals surface area contributed by atoms with Crippen LogP contribution in [0.5, 0.6) is 0 Å². The Bertz CT molecular complexity index is 258. The van der Waals surface area contributed by atoms with Crippen LogP contribution < -0.4 is 0 Å². The minimum atomic E-state index is -1.77. The lowest BCUT2D eigenvalue weighted by Gasteiger charge is -2.20. The number of esters is 1. The molecule has 0 radical (unpaired) electrons. The molecule has 14 heavy (non-hydrogen) atoms. The molecular formula is C8H12FNO4. The second kappa shape index (κ2) is 3.91. The van der Waals surface area contributed by atoms with E-state index in [0.717, 1.165) is 12.0 Å². The number of alkyl halides is 1. The normalized spacial score (nSPS) is 31.7. The zero-order chi connectivity index (χ0) is 10.9. The van der Waals surface area contributed by atoms with Gasteiger partial charge in [-0.3, -0.25) is 4.79 Å². The number of hydrogen-bond donors (Lipinski definition) is 1. The Kier molecular flexibility index (Phi) is 3.05. The first-order valence-electron chi connectivity index (χ1n) is 4.16. The third kappa shape index (κ3) is 1.70. The van der Waals surface area contributed by atoms with Crippen molar-refractivity contribution in [2.75, 3.05) is 13.7 Å². The van der Waals surface area contributed by atoms with E-state index in [1.54, 1.807) is 0 Å². The van der Waals surface area contributed by atoms with E-state index in [0.29, 0.717) is 0 Å². The Hall–Kier alpha value is -1.17. The van der Waals surface area contributed by atoms with E-state index in [1.165, 1.54) is 6.92 Å². The highest BCUT2D eigenvalue weighted by Crippen LogP contribution is 2.22. The van der Waals surface area contributed by atoms with E-state index in [1.807, 2.05) is 0 Å². The van der Waals surface area contributed by atoms with Crippen LogP contribution in [0.2, 0.25) is 0 Å². The molecule has 0 aromatic carbocycles. The van der Waals surface area contributed by atoms with Gasteiger partial charge in [-0.15, -0.1) is 0 Å². The Morgan fingerprint density at radius 3 is 2.57 bits per heavy atom. The summed E-state index contributed by atoms with van der Waals surface area (Å²) < 4.78 is 17.6.